The molecule has 1 unspecified atom stereocenters. The second kappa shape index (κ2) is 9.70. The van der Waals surface area contributed by atoms with Crippen LogP contribution in [0.15, 0.2) is 10.4 Å². The van der Waals surface area contributed by atoms with Crippen LogP contribution < -0.4 is 5.32 Å². The lowest BCUT2D eigenvalue weighted by Gasteiger charge is -2.21. The van der Waals surface area contributed by atoms with Crippen molar-refractivity contribution >= 4 is 17.3 Å². The van der Waals surface area contributed by atoms with Crippen molar-refractivity contribution in [2.24, 2.45) is 4.99 Å². The minimum atomic E-state index is 0.0395. The number of hydrogen-bond acceptors (Lipinski definition) is 5. The predicted octanol–water partition coefficient (Wildman–Crippen LogP) is 1.89. The van der Waals surface area contributed by atoms with E-state index in [-0.39, 0.29) is 6.10 Å². The molecule has 0 aliphatic heterocycles. The van der Waals surface area contributed by atoms with Crippen molar-refractivity contribution in [1.29, 1.82) is 0 Å². The molecule has 0 radical (unpaired) electrons. The fourth-order valence-electron chi connectivity index (χ4n) is 1.76. The molecule has 0 aliphatic carbocycles. The highest BCUT2D eigenvalue weighted by atomic mass is 32.1. The van der Waals surface area contributed by atoms with Gasteiger partial charge in [-0.25, -0.2) is 4.98 Å². The van der Waals surface area contributed by atoms with Crippen LogP contribution in [-0.4, -0.2) is 56.8 Å². The van der Waals surface area contributed by atoms with Gasteiger partial charge in [-0.15, -0.1) is 11.3 Å². The predicted molar refractivity (Wildman–Crippen MR) is 86.9 cm³/mol. The molecule has 1 N–H and O–H groups in total. The first kappa shape index (κ1) is 17.9. The van der Waals surface area contributed by atoms with Crippen LogP contribution in [0.1, 0.15) is 30.7 Å². The van der Waals surface area contributed by atoms with Crippen LogP contribution in [0, 0.1) is 0 Å². The second-order valence-corrected chi connectivity index (χ2v) is 5.47. The van der Waals surface area contributed by atoms with Crippen LogP contribution in [-0.2, 0) is 16.0 Å². The molecule has 1 aromatic heterocycles. The average Bonchev–Trinajstić information content (AvgIpc) is 2.95. The van der Waals surface area contributed by atoms with Gasteiger partial charge in [-0.1, -0.05) is 0 Å². The van der Waals surface area contributed by atoms with Crippen LogP contribution in [0.25, 0.3) is 0 Å². The number of nitrogens with one attached hydrogen (secondary N) is 1. The molecule has 0 spiro atoms. The summed E-state index contributed by atoms with van der Waals surface area (Å²) in [6, 6.07) is 0. The van der Waals surface area contributed by atoms with Gasteiger partial charge in [-0.2, -0.15) is 0 Å². The lowest BCUT2D eigenvalue weighted by molar-refractivity contribution is 0.119. The molecule has 7 heteroatoms. The van der Waals surface area contributed by atoms with Crippen molar-refractivity contribution in [3.63, 3.8) is 0 Å². The Morgan fingerprint density at radius 2 is 2.33 bits per heavy atom. The molecule has 1 atom stereocenters. The summed E-state index contributed by atoms with van der Waals surface area (Å²) in [6.07, 6.45) is 0.0395. The van der Waals surface area contributed by atoms with Crippen LogP contribution in [0.3, 0.4) is 0 Å². The van der Waals surface area contributed by atoms with Crippen molar-refractivity contribution in [2.75, 3.05) is 41.0 Å². The van der Waals surface area contributed by atoms with Gasteiger partial charge in [-0.05, 0) is 13.8 Å². The van der Waals surface area contributed by atoms with Crippen molar-refractivity contribution in [3.8, 4) is 0 Å². The number of aromatic nitrogens is 1. The van der Waals surface area contributed by atoms with Crippen LogP contribution in [0.4, 0.5) is 0 Å². The molecule has 0 saturated heterocycles. The molecule has 6 nitrogen and oxygen atoms in total. The maximum Gasteiger partial charge on any atom is 0.193 e. The Morgan fingerprint density at radius 1 is 1.57 bits per heavy atom. The van der Waals surface area contributed by atoms with Crippen molar-refractivity contribution < 1.29 is 9.47 Å². The summed E-state index contributed by atoms with van der Waals surface area (Å²) in [4.78, 5) is 10.9. The number of guanidine groups is 1. The largest absolute Gasteiger partial charge is 0.380 e. The number of thiazole rings is 1. The van der Waals surface area contributed by atoms with Gasteiger partial charge in [0.15, 0.2) is 5.96 Å². The number of rotatable bonds is 8. The molecule has 0 bridgehead atoms. The lowest BCUT2D eigenvalue weighted by Crippen LogP contribution is -2.40. The smallest absolute Gasteiger partial charge is 0.193 e. The Morgan fingerprint density at radius 3 is 2.95 bits per heavy atom. The fourth-order valence-corrected chi connectivity index (χ4v) is 2.61. The van der Waals surface area contributed by atoms with E-state index in [1.807, 2.05) is 25.8 Å². The molecule has 21 heavy (non-hydrogen) atoms. The molecule has 1 aromatic rings. The zero-order valence-corrected chi connectivity index (χ0v) is 14.4. The van der Waals surface area contributed by atoms with Crippen molar-refractivity contribution in [3.05, 3.63) is 16.1 Å². The van der Waals surface area contributed by atoms with Crippen molar-refractivity contribution in [1.82, 2.24) is 15.2 Å². The van der Waals surface area contributed by atoms with Gasteiger partial charge >= 0.3 is 0 Å². The Bertz CT molecular complexity index is 436. The van der Waals surface area contributed by atoms with E-state index < -0.39 is 0 Å². The number of aliphatic imine (C=N–C) groups is 1. The zero-order valence-electron chi connectivity index (χ0n) is 13.5. The first-order valence-electron chi connectivity index (χ1n) is 7.09. The van der Waals surface area contributed by atoms with E-state index in [0.717, 1.165) is 29.8 Å². The summed E-state index contributed by atoms with van der Waals surface area (Å²) in [5.74, 6) is 0.837. The van der Waals surface area contributed by atoms with Crippen LogP contribution in [0.2, 0.25) is 0 Å². The van der Waals surface area contributed by atoms with Gasteiger partial charge in [0.1, 0.15) is 11.1 Å². The molecule has 120 valence electrons. The first-order valence-corrected chi connectivity index (χ1v) is 7.96. The van der Waals surface area contributed by atoms with Gasteiger partial charge in [0.25, 0.3) is 0 Å². The van der Waals surface area contributed by atoms with Gasteiger partial charge < -0.3 is 19.7 Å². The van der Waals surface area contributed by atoms with Gasteiger partial charge in [0, 0.05) is 39.7 Å². The molecular weight excluding hydrogens is 288 g/mol. The van der Waals surface area contributed by atoms with E-state index in [1.54, 1.807) is 25.5 Å². The third-order valence-electron chi connectivity index (χ3n) is 2.98. The van der Waals surface area contributed by atoms with E-state index in [0.29, 0.717) is 13.2 Å². The summed E-state index contributed by atoms with van der Waals surface area (Å²) < 4.78 is 10.6. The summed E-state index contributed by atoms with van der Waals surface area (Å²) in [5, 5.41) is 6.33. The van der Waals surface area contributed by atoms with Gasteiger partial charge in [0.05, 0.1) is 18.8 Å². The third kappa shape index (κ3) is 5.99. The molecule has 1 rings (SSSR count). The molecule has 0 aromatic carbocycles. The molecule has 0 aliphatic rings. The highest BCUT2D eigenvalue weighted by Crippen LogP contribution is 2.20. The average molecular weight is 314 g/mol. The van der Waals surface area contributed by atoms with Crippen LogP contribution in [0.5, 0.6) is 0 Å². The number of nitrogens with zero attached hydrogens (tertiary/aromatic N) is 3. The SMILES string of the molecule is CCOCCNC(=NC)N(C)Cc1csc(C(C)OC)n1. The Labute approximate surface area is 131 Å². The number of ether oxygens (including phenoxy) is 2. The normalized spacial score (nSPS) is 13.3. The maximum absolute atomic E-state index is 5.31. The summed E-state index contributed by atoms with van der Waals surface area (Å²) in [6.45, 7) is 6.85. The van der Waals surface area contributed by atoms with E-state index in [4.69, 9.17) is 9.47 Å². The van der Waals surface area contributed by atoms with Crippen molar-refractivity contribution in [2.45, 2.75) is 26.5 Å². The molecule has 0 amide bonds. The fraction of sp³-hybridized carbons (Fsp3) is 0.714. The monoisotopic (exact) mass is 314 g/mol. The van der Waals surface area contributed by atoms with E-state index in [1.165, 1.54) is 0 Å². The zero-order chi connectivity index (χ0) is 15.7. The van der Waals surface area contributed by atoms with E-state index in [2.05, 4.69) is 20.7 Å². The lowest BCUT2D eigenvalue weighted by atomic mass is 10.4. The number of methoxy groups -OCH3 is 1. The second-order valence-electron chi connectivity index (χ2n) is 4.58. The summed E-state index contributed by atoms with van der Waals surface area (Å²) in [7, 11) is 5.47. The standard InChI is InChI=1S/C14H26N4O2S/c1-6-20-8-7-16-14(15-3)18(4)9-12-10-21-13(17-12)11(2)19-5/h10-11H,6-9H2,1-5H3,(H,15,16). The topological polar surface area (TPSA) is 59.0 Å². The van der Waals surface area contributed by atoms with E-state index in [9.17, 15) is 0 Å². The number of hydrogen-bond donors (Lipinski definition) is 1. The van der Waals surface area contributed by atoms with Gasteiger partial charge in [-0.3, -0.25) is 4.99 Å². The summed E-state index contributed by atoms with van der Waals surface area (Å²) >= 11 is 1.62. The molecule has 0 fully saturated rings. The Kier molecular flexibility index (Phi) is 8.26. The molecule has 0 saturated carbocycles. The highest BCUT2D eigenvalue weighted by Gasteiger charge is 2.12. The van der Waals surface area contributed by atoms with Gasteiger partial charge in [0.2, 0.25) is 0 Å². The minimum absolute atomic E-state index is 0.0395. The maximum atomic E-state index is 5.31. The Balaban J connectivity index is 2.50. The first-order chi connectivity index (χ1) is 10.1. The highest BCUT2D eigenvalue weighted by molar-refractivity contribution is 7.09. The van der Waals surface area contributed by atoms with E-state index >= 15 is 0 Å². The molecule has 1 heterocycles. The Hall–Kier alpha value is -1.18. The third-order valence-corrected chi connectivity index (χ3v) is 4.03. The molecular formula is C14H26N4O2S. The summed E-state index contributed by atoms with van der Waals surface area (Å²) in [5.41, 5.74) is 1.02. The quantitative estimate of drug-likeness (QED) is 0.451. The van der Waals surface area contributed by atoms with Crippen LogP contribution >= 0.6 is 11.3 Å². The minimum Gasteiger partial charge on any atom is -0.380 e.